The molecule has 0 radical (unpaired) electrons. The molecule has 0 N–H and O–H groups in total. The van der Waals surface area contributed by atoms with Gasteiger partial charge in [-0.2, -0.15) is 0 Å². The summed E-state index contributed by atoms with van der Waals surface area (Å²) in [6, 6.07) is 71.1. The molecule has 0 spiro atoms. The molecular weight excluding hydrogens is 815 g/mol. The zero-order valence-corrected chi connectivity index (χ0v) is 36.2. The van der Waals surface area contributed by atoms with Crippen LogP contribution < -0.4 is 0 Å². The Bertz CT molecular complexity index is 2840. The summed E-state index contributed by atoms with van der Waals surface area (Å²) < 4.78 is 0. The molecule has 6 heteroatoms. The minimum absolute atomic E-state index is 0.161. The lowest BCUT2D eigenvalue weighted by Crippen LogP contribution is -2.53. The molecule has 322 valence electrons. The lowest BCUT2D eigenvalue weighted by atomic mass is 9.51. The molecule has 1 aliphatic rings. The van der Waals surface area contributed by atoms with Crippen LogP contribution >= 0.6 is 0 Å². The van der Waals surface area contributed by atoms with Gasteiger partial charge in [0.15, 0.2) is 23.1 Å². The van der Waals surface area contributed by atoms with E-state index in [1.54, 1.807) is 102 Å². The fourth-order valence-electron chi connectivity index (χ4n) is 10.3. The van der Waals surface area contributed by atoms with Crippen LogP contribution in [0, 0.1) is 11.3 Å². The van der Waals surface area contributed by atoms with Gasteiger partial charge in [-0.1, -0.05) is 243 Å². The average molecular weight is 862 g/mol. The van der Waals surface area contributed by atoms with E-state index in [1.807, 2.05) is 146 Å². The maximum Gasteiger partial charge on any atom is 0.232 e. The maximum absolute atomic E-state index is 17.3. The zero-order chi connectivity index (χ0) is 45.5. The average Bonchev–Trinajstić information content (AvgIpc) is 3.66. The van der Waals surface area contributed by atoms with Crippen LogP contribution in [0.4, 0.5) is 0 Å². The molecule has 0 saturated carbocycles. The Morgan fingerprint density at radius 1 is 0.364 bits per heavy atom. The molecule has 0 bridgehead atoms. The van der Waals surface area contributed by atoms with Crippen LogP contribution in [0.1, 0.15) is 87.5 Å². The third-order valence-corrected chi connectivity index (χ3v) is 13.1. The Balaban J connectivity index is 1.45. The van der Waals surface area contributed by atoms with Gasteiger partial charge < -0.3 is 4.90 Å². The first-order chi connectivity index (χ1) is 32.4. The van der Waals surface area contributed by atoms with Crippen molar-refractivity contribution in [1.29, 1.82) is 0 Å². The summed E-state index contributed by atoms with van der Waals surface area (Å²) in [6.07, 6.45) is 0. The second kappa shape index (κ2) is 19.3. The molecule has 9 rings (SSSR count). The predicted octanol–water partition coefficient (Wildman–Crippen LogP) is 12.1. The van der Waals surface area contributed by atoms with Crippen LogP contribution in [0.15, 0.2) is 243 Å². The third kappa shape index (κ3) is 8.14. The van der Waals surface area contributed by atoms with Crippen LogP contribution in [0.5, 0.6) is 0 Å². The number of Topliss-reactive ketones (excluding diaryl/α,β-unsaturated/α-hetero) is 4. The Morgan fingerprint density at radius 3 is 1.02 bits per heavy atom. The van der Waals surface area contributed by atoms with Crippen LogP contribution in [-0.4, -0.2) is 40.5 Å². The molecule has 0 aromatic heterocycles. The largest absolute Gasteiger partial charge is 0.327 e. The molecule has 6 nitrogen and oxygen atoms in total. The predicted molar refractivity (Wildman–Crippen MR) is 257 cm³/mol. The highest BCUT2D eigenvalue weighted by Crippen LogP contribution is 2.63. The van der Waals surface area contributed by atoms with Crippen molar-refractivity contribution in [1.82, 2.24) is 4.90 Å². The lowest BCUT2D eigenvalue weighted by Gasteiger charge is -2.47. The molecule has 0 aliphatic carbocycles. The summed E-state index contributed by atoms with van der Waals surface area (Å²) in [5.74, 6) is -6.92. The van der Waals surface area contributed by atoms with Crippen molar-refractivity contribution in [3.63, 3.8) is 0 Å². The first-order valence-corrected chi connectivity index (χ1v) is 22.3. The lowest BCUT2D eigenvalue weighted by molar-refractivity contribution is -0.140. The molecular formula is C60H47NO5. The number of amides is 1. The molecule has 66 heavy (non-hydrogen) atoms. The number of rotatable bonds is 16. The van der Waals surface area contributed by atoms with Crippen LogP contribution in [0.2, 0.25) is 0 Å². The van der Waals surface area contributed by atoms with Crippen LogP contribution in [0.25, 0.3) is 0 Å². The molecule has 1 saturated heterocycles. The molecule has 5 atom stereocenters. The fraction of sp³-hybridized carbons (Fsp3) is 0.117. The van der Waals surface area contributed by atoms with Crippen molar-refractivity contribution < 1.29 is 24.0 Å². The minimum atomic E-state index is -2.07. The van der Waals surface area contributed by atoms with Crippen molar-refractivity contribution in [3.8, 4) is 0 Å². The number of carbonyl (C=O) groups excluding carboxylic acids is 5. The number of nitrogens with zero attached hydrogens (tertiary/aromatic N) is 1. The minimum Gasteiger partial charge on any atom is -0.327 e. The number of likely N-dealkylation sites (tertiary alicyclic amines) is 1. The molecule has 1 amide bonds. The standard InChI is InChI=1S/C60H47NO5/c62-55(46-33-17-5-18-34-46)51(42-25-9-1-10-26-42)50-41-61(54(45-31-15-4-16-32-45)58(65)49-39-23-8-24-40-49)59(66)60(50,52(43-27-11-2-12-28-43)56(63)47-35-19-6-20-36-47)53(44-29-13-3-14-30-44)57(64)48-37-21-7-22-38-48/h1-40,50-54H,41H2. The number of hydrogen-bond acceptors (Lipinski definition) is 5. The second-order valence-corrected chi connectivity index (χ2v) is 16.8. The summed E-state index contributed by atoms with van der Waals surface area (Å²) in [6.45, 7) is -0.161. The van der Waals surface area contributed by atoms with Crippen molar-refractivity contribution >= 4 is 29.0 Å². The fourth-order valence-corrected chi connectivity index (χ4v) is 10.3. The van der Waals surface area contributed by atoms with Crippen molar-refractivity contribution in [2.75, 3.05) is 6.54 Å². The van der Waals surface area contributed by atoms with Gasteiger partial charge in [-0.15, -0.1) is 0 Å². The van der Waals surface area contributed by atoms with Gasteiger partial charge in [0.1, 0.15) is 6.04 Å². The van der Waals surface area contributed by atoms with Gasteiger partial charge in [0, 0.05) is 34.7 Å². The molecule has 1 heterocycles. The Labute approximate surface area is 385 Å². The van der Waals surface area contributed by atoms with Crippen molar-refractivity contribution in [3.05, 3.63) is 287 Å². The smallest absolute Gasteiger partial charge is 0.232 e. The van der Waals surface area contributed by atoms with E-state index in [9.17, 15) is 0 Å². The van der Waals surface area contributed by atoms with Crippen LogP contribution in [0.3, 0.4) is 0 Å². The van der Waals surface area contributed by atoms with E-state index in [2.05, 4.69) is 0 Å². The van der Waals surface area contributed by atoms with Gasteiger partial charge in [-0.25, -0.2) is 0 Å². The monoisotopic (exact) mass is 861 g/mol. The van der Waals surface area contributed by atoms with Gasteiger partial charge in [-0.3, -0.25) is 24.0 Å². The second-order valence-electron chi connectivity index (χ2n) is 16.8. The van der Waals surface area contributed by atoms with E-state index in [-0.39, 0.29) is 18.1 Å². The molecule has 1 fully saturated rings. The third-order valence-electron chi connectivity index (χ3n) is 13.1. The number of carbonyl (C=O) groups is 5. The Kier molecular flexibility index (Phi) is 12.7. The Hall–Kier alpha value is -8.09. The normalized spacial score (nSPS) is 17.5. The van der Waals surface area contributed by atoms with E-state index in [0.717, 1.165) is 0 Å². The number of hydrogen-bond donors (Lipinski definition) is 0. The highest BCUT2D eigenvalue weighted by molar-refractivity contribution is 6.13. The maximum atomic E-state index is 17.3. The molecule has 8 aromatic rings. The van der Waals surface area contributed by atoms with E-state index < -0.39 is 52.6 Å². The van der Waals surface area contributed by atoms with Crippen LogP contribution in [-0.2, 0) is 4.79 Å². The zero-order valence-electron chi connectivity index (χ0n) is 36.2. The first-order valence-electron chi connectivity index (χ1n) is 22.3. The number of ketones is 4. The summed E-state index contributed by atoms with van der Waals surface area (Å²) in [5.41, 5.74) is 1.54. The van der Waals surface area contributed by atoms with E-state index in [1.165, 1.54) is 0 Å². The van der Waals surface area contributed by atoms with Gasteiger partial charge in [-0.05, 0) is 22.3 Å². The van der Waals surface area contributed by atoms with E-state index >= 15 is 24.0 Å². The SMILES string of the molecule is O=C(c1ccccc1)C(c1ccccc1)C1CN(C(C(=O)c2ccccc2)c2ccccc2)C(=O)C1(C(C(=O)c1ccccc1)c1ccccc1)C(C(=O)c1ccccc1)c1ccccc1. The quantitative estimate of drug-likeness (QED) is 0.0903. The highest BCUT2D eigenvalue weighted by Gasteiger charge is 2.69. The molecule has 1 aliphatic heterocycles. The Morgan fingerprint density at radius 2 is 0.652 bits per heavy atom. The summed E-state index contributed by atoms with van der Waals surface area (Å²) in [4.78, 5) is 82.5. The molecule has 5 unspecified atom stereocenters. The van der Waals surface area contributed by atoms with Crippen molar-refractivity contribution in [2.45, 2.75) is 23.8 Å². The summed E-state index contributed by atoms with van der Waals surface area (Å²) in [7, 11) is 0. The van der Waals surface area contributed by atoms with Gasteiger partial charge >= 0.3 is 0 Å². The van der Waals surface area contributed by atoms with Gasteiger partial charge in [0.05, 0.1) is 23.2 Å². The molecule has 8 aromatic carbocycles. The number of benzene rings is 8. The highest BCUT2D eigenvalue weighted by atomic mass is 16.2. The van der Waals surface area contributed by atoms with E-state index in [4.69, 9.17) is 0 Å². The first kappa shape index (κ1) is 43.2. The summed E-state index contributed by atoms with van der Waals surface area (Å²) >= 11 is 0. The summed E-state index contributed by atoms with van der Waals surface area (Å²) in [5, 5.41) is 0. The topological polar surface area (TPSA) is 88.6 Å². The van der Waals surface area contributed by atoms with Gasteiger partial charge in [0.2, 0.25) is 5.91 Å². The van der Waals surface area contributed by atoms with Gasteiger partial charge in [0.25, 0.3) is 0 Å². The van der Waals surface area contributed by atoms with E-state index in [0.29, 0.717) is 44.5 Å². The van der Waals surface area contributed by atoms with Crippen molar-refractivity contribution in [2.24, 2.45) is 11.3 Å².